The van der Waals surface area contributed by atoms with Crippen LogP contribution < -0.4 is 5.32 Å². The molecule has 1 aliphatic heterocycles. The number of H-pyrrole nitrogens is 1. The van der Waals surface area contributed by atoms with E-state index < -0.39 is 0 Å². The molecule has 1 aliphatic rings. The second-order valence-corrected chi connectivity index (χ2v) is 4.71. The number of para-hydroxylation sites is 1. The monoisotopic (exact) mass is 214 g/mol. The topological polar surface area (TPSA) is 27.8 Å². The number of hydrogen-bond acceptors (Lipinski definition) is 1. The summed E-state index contributed by atoms with van der Waals surface area (Å²) in [4.78, 5) is 3.35. The summed E-state index contributed by atoms with van der Waals surface area (Å²) >= 11 is 0. The van der Waals surface area contributed by atoms with Gasteiger partial charge in [0.25, 0.3) is 0 Å². The van der Waals surface area contributed by atoms with Crippen molar-refractivity contribution in [3.63, 3.8) is 0 Å². The van der Waals surface area contributed by atoms with Crippen molar-refractivity contribution in [1.82, 2.24) is 10.3 Å². The van der Waals surface area contributed by atoms with Gasteiger partial charge in [-0.3, -0.25) is 0 Å². The Labute approximate surface area is 96.1 Å². The summed E-state index contributed by atoms with van der Waals surface area (Å²) in [5.41, 5.74) is 2.71. The third-order valence-corrected chi connectivity index (χ3v) is 3.55. The lowest BCUT2D eigenvalue weighted by Gasteiger charge is -2.23. The number of aromatic amines is 1. The van der Waals surface area contributed by atoms with E-state index in [0.29, 0.717) is 6.04 Å². The largest absolute Gasteiger partial charge is 0.361 e. The van der Waals surface area contributed by atoms with E-state index in [4.69, 9.17) is 0 Å². The first-order valence-electron chi connectivity index (χ1n) is 6.22. The first kappa shape index (κ1) is 9.91. The summed E-state index contributed by atoms with van der Waals surface area (Å²) < 4.78 is 0. The molecule has 1 saturated heterocycles. The summed E-state index contributed by atoms with van der Waals surface area (Å²) in [7, 11) is 0. The fraction of sp³-hybridized carbons (Fsp3) is 0.429. The number of rotatable bonds is 2. The van der Waals surface area contributed by atoms with Gasteiger partial charge in [0.05, 0.1) is 0 Å². The van der Waals surface area contributed by atoms with Crippen LogP contribution in [0.25, 0.3) is 10.9 Å². The summed E-state index contributed by atoms with van der Waals surface area (Å²) in [6.45, 7) is 1.19. The molecule has 1 aromatic carbocycles. The van der Waals surface area contributed by atoms with Crippen LogP contribution in [0.1, 0.15) is 24.8 Å². The lowest BCUT2D eigenvalue weighted by molar-refractivity contribution is 0.400. The molecule has 1 fully saturated rings. The molecule has 2 nitrogen and oxygen atoms in total. The molecule has 3 rings (SSSR count). The van der Waals surface area contributed by atoms with Crippen LogP contribution in [0.4, 0.5) is 0 Å². The second kappa shape index (κ2) is 4.30. The predicted molar refractivity (Wildman–Crippen MR) is 67.6 cm³/mol. The quantitative estimate of drug-likeness (QED) is 0.790. The minimum Gasteiger partial charge on any atom is -0.361 e. The molecule has 0 spiro atoms. The molecule has 0 amide bonds. The zero-order valence-corrected chi connectivity index (χ0v) is 9.50. The number of aromatic nitrogens is 1. The van der Waals surface area contributed by atoms with E-state index in [2.05, 4.69) is 40.8 Å². The molecule has 1 unspecified atom stereocenters. The van der Waals surface area contributed by atoms with Gasteiger partial charge in [0.2, 0.25) is 0 Å². The predicted octanol–water partition coefficient (Wildman–Crippen LogP) is 2.85. The molecule has 0 saturated carbocycles. The van der Waals surface area contributed by atoms with Gasteiger partial charge in [-0.2, -0.15) is 0 Å². The van der Waals surface area contributed by atoms with Gasteiger partial charge in [0.1, 0.15) is 0 Å². The van der Waals surface area contributed by atoms with Crippen molar-refractivity contribution >= 4 is 10.9 Å². The van der Waals surface area contributed by atoms with Crippen molar-refractivity contribution in [3.8, 4) is 0 Å². The zero-order valence-electron chi connectivity index (χ0n) is 9.50. The van der Waals surface area contributed by atoms with Gasteiger partial charge in [-0.05, 0) is 37.4 Å². The van der Waals surface area contributed by atoms with Gasteiger partial charge < -0.3 is 10.3 Å². The summed E-state index contributed by atoms with van der Waals surface area (Å²) in [6.07, 6.45) is 7.36. The van der Waals surface area contributed by atoms with E-state index >= 15 is 0 Å². The Hall–Kier alpha value is -1.28. The van der Waals surface area contributed by atoms with Crippen molar-refractivity contribution < 1.29 is 0 Å². The summed E-state index contributed by atoms with van der Waals surface area (Å²) in [5.74, 6) is 0. The van der Waals surface area contributed by atoms with Gasteiger partial charge in [-0.1, -0.05) is 24.6 Å². The fourth-order valence-electron chi connectivity index (χ4n) is 2.66. The lowest BCUT2D eigenvalue weighted by Crippen LogP contribution is -2.35. The van der Waals surface area contributed by atoms with E-state index in [0.717, 1.165) is 6.42 Å². The van der Waals surface area contributed by atoms with Crippen LogP contribution in [0.3, 0.4) is 0 Å². The molecule has 1 aromatic heterocycles. The average molecular weight is 214 g/mol. The third-order valence-electron chi connectivity index (χ3n) is 3.55. The Morgan fingerprint density at radius 2 is 2.12 bits per heavy atom. The standard InChI is InChI=1S/C14H18N2/c1-2-7-14-13(6-1)11(10-16-14)9-12-5-3-4-8-15-12/h1-2,6-7,10,12,15-16H,3-5,8-9H2. The van der Waals surface area contributed by atoms with Crippen LogP contribution in [0, 0.1) is 0 Å². The number of nitrogens with one attached hydrogen (secondary N) is 2. The first-order valence-corrected chi connectivity index (χ1v) is 6.22. The molecular weight excluding hydrogens is 196 g/mol. The van der Waals surface area contributed by atoms with Crippen LogP contribution in [0.2, 0.25) is 0 Å². The highest BCUT2D eigenvalue weighted by Crippen LogP contribution is 2.21. The van der Waals surface area contributed by atoms with Gasteiger partial charge in [-0.15, -0.1) is 0 Å². The molecule has 0 aliphatic carbocycles. The summed E-state index contributed by atoms with van der Waals surface area (Å²) in [5, 5.41) is 4.99. The Balaban J connectivity index is 1.83. The minimum absolute atomic E-state index is 0.674. The Kier molecular flexibility index (Phi) is 2.66. The maximum atomic E-state index is 3.61. The van der Waals surface area contributed by atoms with Crippen molar-refractivity contribution in [3.05, 3.63) is 36.0 Å². The SMILES string of the molecule is c1ccc2c(CC3CCCCN3)c[nH]c2c1. The summed E-state index contributed by atoms with van der Waals surface area (Å²) in [6, 6.07) is 9.24. The van der Waals surface area contributed by atoms with E-state index in [-0.39, 0.29) is 0 Å². The first-order chi connectivity index (χ1) is 7.93. The van der Waals surface area contributed by atoms with Gasteiger partial charge in [-0.25, -0.2) is 0 Å². The van der Waals surface area contributed by atoms with Crippen LogP contribution in [-0.2, 0) is 6.42 Å². The van der Waals surface area contributed by atoms with Crippen LogP contribution >= 0.6 is 0 Å². The molecule has 2 heteroatoms. The smallest absolute Gasteiger partial charge is 0.0456 e. The van der Waals surface area contributed by atoms with Crippen LogP contribution in [0.15, 0.2) is 30.5 Å². The van der Waals surface area contributed by atoms with Gasteiger partial charge >= 0.3 is 0 Å². The van der Waals surface area contributed by atoms with E-state index in [1.165, 1.54) is 42.3 Å². The van der Waals surface area contributed by atoms with E-state index in [1.807, 2.05) is 0 Å². The maximum absolute atomic E-state index is 3.61. The Morgan fingerprint density at radius 1 is 1.19 bits per heavy atom. The number of piperidine rings is 1. The molecule has 0 bridgehead atoms. The van der Waals surface area contributed by atoms with Crippen LogP contribution in [0.5, 0.6) is 0 Å². The Bertz CT molecular complexity index is 466. The highest BCUT2D eigenvalue weighted by atomic mass is 14.9. The Morgan fingerprint density at radius 3 is 3.00 bits per heavy atom. The second-order valence-electron chi connectivity index (χ2n) is 4.71. The fourth-order valence-corrected chi connectivity index (χ4v) is 2.66. The van der Waals surface area contributed by atoms with Gasteiger partial charge in [0, 0.05) is 23.1 Å². The molecule has 84 valence electrons. The van der Waals surface area contributed by atoms with E-state index in [1.54, 1.807) is 0 Å². The molecule has 2 aromatic rings. The maximum Gasteiger partial charge on any atom is 0.0456 e. The number of fused-ring (bicyclic) bond motifs is 1. The van der Waals surface area contributed by atoms with Crippen molar-refractivity contribution in [2.24, 2.45) is 0 Å². The molecule has 16 heavy (non-hydrogen) atoms. The number of hydrogen-bond donors (Lipinski definition) is 2. The van der Waals surface area contributed by atoms with Crippen molar-refractivity contribution in [2.45, 2.75) is 31.7 Å². The molecular formula is C14H18N2. The van der Waals surface area contributed by atoms with Crippen LogP contribution in [-0.4, -0.2) is 17.6 Å². The van der Waals surface area contributed by atoms with Gasteiger partial charge in [0.15, 0.2) is 0 Å². The zero-order chi connectivity index (χ0) is 10.8. The molecule has 0 radical (unpaired) electrons. The normalized spacial score (nSPS) is 21.4. The number of benzene rings is 1. The molecule has 2 N–H and O–H groups in total. The van der Waals surface area contributed by atoms with Crippen molar-refractivity contribution in [2.75, 3.05) is 6.54 Å². The molecule has 2 heterocycles. The highest BCUT2D eigenvalue weighted by molar-refractivity contribution is 5.83. The highest BCUT2D eigenvalue weighted by Gasteiger charge is 2.14. The minimum atomic E-state index is 0.674. The lowest BCUT2D eigenvalue weighted by atomic mass is 9.97. The molecule has 1 atom stereocenters. The van der Waals surface area contributed by atoms with Crippen molar-refractivity contribution in [1.29, 1.82) is 0 Å². The third kappa shape index (κ3) is 1.85. The van der Waals surface area contributed by atoms with E-state index in [9.17, 15) is 0 Å². The average Bonchev–Trinajstić information content (AvgIpc) is 2.74.